The lowest BCUT2D eigenvalue weighted by molar-refractivity contribution is 0.565. The standard InChI is InChI=1S/C19H12N2O/c22-13-20-14-6-5-7-15(12-14)21-18-10-3-1-8-16(18)17-9-2-4-11-19(17)21/h1-12H. The molecule has 0 saturated heterocycles. The van der Waals surface area contributed by atoms with Gasteiger partial charge in [0.2, 0.25) is 6.08 Å². The number of fused-ring (bicyclic) bond motifs is 3. The average molecular weight is 284 g/mol. The third-order valence-electron chi connectivity index (χ3n) is 3.84. The Morgan fingerprint density at radius 1 is 0.773 bits per heavy atom. The van der Waals surface area contributed by atoms with Crippen molar-refractivity contribution in [3.8, 4) is 5.69 Å². The van der Waals surface area contributed by atoms with Gasteiger partial charge in [0.05, 0.1) is 16.7 Å². The van der Waals surface area contributed by atoms with Crippen molar-refractivity contribution in [1.29, 1.82) is 0 Å². The van der Waals surface area contributed by atoms with E-state index in [4.69, 9.17) is 0 Å². The minimum Gasteiger partial charge on any atom is -0.309 e. The number of carbonyl (C=O) groups excluding carboxylic acids is 1. The molecule has 0 atom stereocenters. The number of hydrogen-bond donors (Lipinski definition) is 0. The van der Waals surface area contributed by atoms with E-state index < -0.39 is 0 Å². The minimum atomic E-state index is 0.606. The van der Waals surface area contributed by atoms with Gasteiger partial charge >= 0.3 is 0 Å². The van der Waals surface area contributed by atoms with Crippen LogP contribution in [0.2, 0.25) is 0 Å². The van der Waals surface area contributed by atoms with Crippen molar-refractivity contribution in [2.45, 2.75) is 0 Å². The molecule has 4 aromatic rings. The molecule has 0 spiro atoms. The van der Waals surface area contributed by atoms with Crippen LogP contribution >= 0.6 is 0 Å². The molecule has 3 nitrogen and oxygen atoms in total. The molecule has 1 aromatic heterocycles. The van der Waals surface area contributed by atoms with Crippen molar-refractivity contribution in [3.63, 3.8) is 0 Å². The minimum absolute atomic E-state index is 0.606. The second-order valence-corrected chi connectivity index (χ2v) is 5.09. The number of para-hydroxylation sites is 2. The first-order valence-corrected chi connectivity index (χ1v) is 7.05. The first kappa shape index (κ1) is 12.6. The summed E-state index contributed by atoms with van der Waals surface area (Å²) < 4.78 is 2.19. The first-order chi connectivity index (χ1) is 10.9. The van der Waals surface area contributed by atoms with Gasteiger partial charge in [0.25, 0.3) is 0 Å². The van der Waals surface area contributed by atoms with E-state index in [0.29, 0.717) is 5.69 Å². The molecule has 0 bridgehead atoms. The van der Waals surface area contributed by atoms with Crippen LogP contribution in [0, 0.1) is 0 Å². The summed E-state index contributed by atoms with van der Waals surface area (Å²) in [5.74, 6) is 0. The van der Waals surface area contributed by atoms with Gasteiger partial charge in [0.1, 0.15) is 0 Å². The molecule has 0 unspecified atom stereocenters. The summed E-state index contributed by atoms with van der Waals surface area (Å²) in [6, 6.07) is 24.2. The summed E-state index contributed by atoms with van der Waals surface area (Å²) in [6.07, 6.45) is 1.60. The molecule has 0 fully saturated rings. The second-order valence-electron chi connectivity index (χ2n) is 5.09. The van der Waals surface area contributed by atoms with Crippen molar-refractivity contribution in [1.82, 2.24) is 4.57 Å². The largest absolute Gasteiger partial charge is 0.309 e. The van der Waals surface area contributed by atoms with Gasteiger partial charge in [-0.15, -0.1) is 0 Å². The van der Waals surface area contributed by atoms with Crippen LogP contribution in [0.15, 0.2) is 77.8 Å². The highest BCUT2D eigenvalue weighted by Crippen LogP contribution is 2.32. The number of aliphatic imine (C=N–C) groups is 1. The molecule has 0 amide bonds. The Morgan fingerprint density at radius 3 is 2.05 bits per heavy atom. The van der Waals surface area contributed by atoms with E-state index in [1.54, 1.807) is 12.1 Å². The van der Waals surface area contributed by atoms with Gasteiger partial charge in [0.15, 0.2) is 0 Å². The van der Waals surface area contributed by atoms with Crippen LogP contribution in [0.5, 0.6) is 0 Å². The van der Waals surface area contributed by atoms with Gasteiger partial charge in [-0.2, -0.15) is 4.99 Å². The van der Waals surface area contributed by atoms with Gasteiger partial charge < -0.3 is 4.57 Å². The zero-order chi connectivity index (χ0) is 14.9. The molecule has 3 heteroatoms. The van der Waals surface area contributed by atoms with Gasteiger partial charge in [-0.3, -0.25) is 0 Å². The Hall–Kier alpha value is -3.16. The summed E-state index contributed by atoms with van der Waals surface area (Å²) in [5, 5.41) is 2.42. The third-order valence-corrected chi connectivity index (χ3v) is 3.84. The lowest BCUT2D eigenvalue weighted by Gasteiger charge is -2.08. The van der Waals surface area contributed by atoms with E-state index in [2.05, 4.69) is 33.8 Å². The van der Waals surface area contributed by atoms with Crippen LogP contribution in [0.4, 0.5) is 5.69 Å². The Balaban J connectivity index is 2.12. The first-order valence-electron chi connectivity index (χ1n) is 7.05. The number of isocyanates is 1. The highest BCUT2D eigenvalue weighted by molar-refractivity contribution is 6.09. The van der Waals surface area contributed by atoms with E-state index in [1.165, 1.54) is 10.8 Å². The van der Waals surface area contributed by atoms with Gasteiger partial charge in [0, 0.05) is 16.5 Å². The van der Waals surface area contributed by atoms with E-state index >= 15 is 0 Å². The van der Waals surface area contributed by atoms with Gasteiger partial charge in [-0.1, -0.05) is 42.5 Å². The molecule has 0 saturated carbocycles. The Labute approximate surface area is 127 Å². The highest BCUT2D eigenvalue weighted by Gasteiger charge is 2.11. The van der Waals surface area contributed by atoms with Crippen LogP contribution in [0.1, 0.15) is 0 Å². The molecule has 0 aliphatic rings. The molecule has 3 aromatic carbocycles. The quantitative estimate of drug-likeness (QED) is 0.386. The van der Waals surface area contributed by atoms with Crippen LogP contribution in [-0.4, -0.2) is 10.6 Å². The summed E-state index contributed by atoms with van der Waals surface area (Å²) in [6.45, 7) is 0. The molecule has 4 rings (SSSR count). The monoisotopic (exact) mass is 284 g/mol. The SMILES string of the molecule is O=C=Nc1cccc(-n2c3ccccc3c3ccccc32)c1. The Kier molecular flexibility index (Phi) is 2.85. The van der Waals surface area contributed by atoms with Crippen molar-refractivity contribution >= 4 is 33.6 Å². The van der Waals surface area contributed by atoms with Crippen LogP contribution < -0.4 is 0 Å². The Morgan fingerprint density at radius 2 is 1.41 bits per heavy atom. The fraction of sp³-hybridized carbons (Fsp3) is 0. The van der Waals surface area contributed by atoms with E-state index in [-0.39, 0.29) is 0 Å². The molecule has 0 N–H and O–H groups in total. The van der Waals surface area contributed by atoms with Crippen molar-refractivity contribution in [2.24, 2.45) is 4.99 Å². The van der Waals surface area contributed by atoms with Crippen LogP contribution in [0.3, 0.4) is 0 Å². The maximum Gasteiger partial charge on any atom is 0.240 e. The smallest absolute Gasteiger partial charge is 0.240 e. The van der Waals surface area contributed by atoms with Crippen molar-refractivity contribution in [3.05, 3.63) is 72.8 Å². The molecule has 22 heavy (non-hydrogen) atoms. The normalized spacial score (nSPS) is 10.7. The fourth-order valence-electron chi connectivity index (χ4n) is 2.96. The molecule has 0 aliphatic heterocycles. The van der Waals surface area contributed by atoms with E-state index in [1.807, 2.05) is 42.5 Å². The van der Waals surface area contributed by atoms with Crippen LogP contribution in [-0.2, 0) is 4.79 Å². The maximum absolute atomic E-state index is 10.5. The van der Waals surface area contributed by atoms with Crippen molar-refractivity contribution in [2.75, 3.05) is 0 Å². The fourth-order valence-corrected chi connectivity index (χ4v) is 2.96. The predicted molar refractivity (Wildman–Crippen MR) is 88.6 cm³/mol. The number of nitrogens with zero attached hydrogens (tertiary/aromatic N) is 2. The van der Waals surface area contributed by atoms with Crippen LogP contribution in [0.25, 0.3) is 27.5 Å². The molecule has 0 radical (unpaired) electrons. The van der Waals surface area contributed by atoms with Crippen molar-refractivity contribution < 1.29 is 4.79 Å². The lowest BCUT2D eigenvalue weighted by atomic mass is 10.2. The summed E-state index contributed by atoms with van der Waals surface area (Å²) in [5.41, 5.74) is 3.86. The van der Waals surface area contributed by atoms with E-state index in [0.717, 1.165) is 16.7 Å². The summed E-state index contributed by atoms with van der Waals surface area (Å²) in [4.78, 5) is 14.2. The van der Waals surface area contributed by atoms with Gasteiger partial charge in [-0.05, 0) is 30.3 Å². The highest BCUT2D eigenvalue weighted by atomic mass is 16.1. The molecule has 0 aliphatic carbocycles. The topological polar surface area (TPSA) is 34.4 Å². The molecular formula is C19H12N2O. The summed E-state index contributed by atoms with van der Waals surface area (Å²) in [7, 11) is 0. The molecular weight excluding hydrogens is 272 g/mol. The lowest BCUT2D eigenvalue weighted by Crippen LogP contribution is -1.92. The number of benzene rings is 3. The number of aromatic nitrogens is 1. The molecule has 1 heterocycles. The second kappa shape index (κ2) is 4.99. The Bertz CT molecular complexity index is 986. The number of hydrogen-bond acceptors (Lipinski definition) is 2. The average Bonchev–Trinajstić information content (AvgIpc) is 2.90. The maximum atomic E-state index is 10.5. The number of rotatable bonds is 2. The third kappa shape index (κ3) is 1.85. The van der Waals surface area contributed by atoms with E-state index in [9.17, 15) is 4.79 Å². The predicted octanol–water partition coefficient (Wildman–Crippen LogP) is 4.75. The zero-order valence-corrected chi connectivity index (χ0v) is 11.7. The zero-order valence-electron chi connectivity index (χ0n) is 11.7. The molecule has 104 valence electrons. The van der Waals surface area contributed by atoms with Gasteiger partial charge in [-0.25, -0.2) is 4.79 Å². The summed E-state index contributed by atoms with van der Waals surface area (Å²) >= 11 is 0.